The van der Waals surface area contributed by atoms with E-state index in [2.05, 4.69) is 15.5 Å². The average molecular weight is 377 g/mol. The van der Waals surface area contributed by atoms with Crippen molar-refractivity contribution in [3.05, 3.63) is 46.1 Å². The summed E-state index contributed by atoms with van der Waals surface area (Å²) < 4.78 is 5.40. The number of benzene rings is 1. The third kappa shape index (κ3) is 4.16. The maximum absolute atomic E-state index is 12.3. The number of H-pyrrole nitrogens is 1. The first-order valence-electron chi connectivity index (χ1n) is 8.34. The van der Waals surface area contributed by atoms with E-state index in [1.807, 2.05) is 20.8 Å². The van der Waals surface area contributed by atoms with Crippen molar-refractivity contribution in [3.63, 3.8) is 0 Å². The first-order chi connectivity index (χ1) is 12.2. The Morgan fingerprint density at radius 3 is 2.62 bits per heavy atom. The van der Waals surface area contributed by atoms with E-state index in [0.29, 0.717) is 35.9 Å². The Hall–Kier alpha value is -2.54. The van der Waals surface area contributed by atoms with Crippen molar-refractivity contribution < 1.29 is 14.3 Å². The van der Waals surface area contributed by atoms with Gasteiger partial charge in [0.2, 0.25) is 0 Å². The monoisotopic (exact) mass is 376 g/mol. The highest BCUT2D eigenvalue weighted by Crippen LogP contribution is 2.25. The van der Waals surface area contributed by atoms with Gasteiger partial charge in [0.1, 0.15) is 5.60 Å². The second-order valence-corrected chi connectivity index (χ2v) is 7.58. The van der Waals surface area contributed by atoms with Crippen LogP contribution in [-0.2, 0) is 17.7 Å². The molecule has 2 heterocycles. The van der Waals surface area contributed by atoms with Gasteiger partial charge in [0, 0.05) is 22.7 Å². The summed E-state index contributed by atoms with van der Waals surface area (Å²) >= 11 is 5.84. The molecule has 8 heteroatoms. The Morgan fingerprint density at radius 1 is 1.27 bits per heavy atom. The molecule has 0 radical (unpaired) electrons. The fourth-order valence-electron chi connectivity index (χ4n) is 2.68. The van der Waals surface area contributed by atoms with Crippen LogP contribution in [0.1, 0.15) is 42.4 Å². The van der Waals surface area contributed by atoms with Crippen LogP contribution in [0.25, 0.3) is 0 Å². The van der Waals surface area contributed by atoms with Gasteiger partial charge in [-0.25, -0.2) is 4.79 Å². The number of aromatic nitrogens is 2. The van der Waals surface area contributed by atoms with E-state index >= 15 is 0 Å². The van der Waals surface area contributed by atoms with Crippen LogP contribution in [0.2, 0.25) is 5.02 Å². The molecule has 1 aliphatic rings. The predicted molar refractivity (Wildman–Crippen MR) is 98.3 cm³/mol. The first-order valence-corrected chi connectivity index (χ1v) is 8.72. The van der Waals surface area contributed by atoms with Crippen LogP contribution in [0, 0.1) is 0 Å². The number of carbonyl (C=O) groups is 2. The SMILES string of the molecule is CC(C)(C)OC(=O)N1CCc2c(NC(=O)c3ccc(Cl)cc3)n[nH]c2C1. The molecule has 2 N–H and O–H groups in total. The molecule has 1 aliphatic heterocycles. The summed E-state index contributed by atoms with van der Waals surface area (Å²) in [6, 6.07) is 6.63. The minimum atomic E-state index is -0.539. The van der Waals surface area contributed by atoms with Crippen molar-refractivity contribution in [1.29, 1.82) is 0 Å². The topological polar surface area (TPSA) is 87.3 Å². The number of fused-ring (bicyclic) bond motifs is 1. The van der Waals surface area contributed by atoms with Crippen LogP contribution in [-0.4, -0.2) is 39.2 Å². The van der Waals surface area contributed by atoms with Crippen LogP contribution in [0.5, 0.6) is 0 Å². The van der Waals surface area contributed by atoms with E-state index in [1.54, 1.807) is 29.2 Å². The van der Waals surface area contributed by atoms with Crippen LogP contribution in [0.15, 0.2) is 24.3 Å². The normalized spacial score (nSPS) is 13.9. The summed E-state index contributed by atoms with van der Waals surface area (Å²) in [6.45, 7) is 6.38. The number of carbonyl (C=O) groups excluding carboxylic acids is 2. The zero-order valence-electron chi connectivity index (χ0n) is 14.9. The quantitative estimate of drug-likeness (QED) is 0.838. The number of nitrogens with zero attached hydrogens (tertiary/aromatic N) is 2. The smallest absolute Gasteiger partial charge is 0.410 e. The van der Waals surface area contributed by atoms with Crippen LogP contribution in [0.4, 0.5) is 10.6 Å². The molecule has 0 bridgehead atoms. The summed E-state index contributed by atoms with van der Waals surface area (Å²) in [5.74, 6) is 0.231. The third-order valence-electron chi connectivity index (χ3n) is 3.92. The summed E-state index contributed by atoms with van der Waals surface area (Å²) in [4.78, 5) is 26.2. The lowest BCUT2D eigenvalue weighted by molar-refractivity contribution is 0.0221. The standard InChI is InChI=1S/C18H21ClN4O3/c1-18(2,3)26-17(25)23-9-8-13-14(10-23)21-22-15(13)20-16(24)11-4-6-12(19)7-5-11/h4-7H,8-10H2,1-3H3,(H2,20,21,22,24). The molecule has 3 rings (SSSR count). The number of nitrogens with one attached hydrogen (secondary N) is 2. The molecule has 0 saturated heterocycles. The second-order valence-electron chi connectivity index (χ2n) is 7.14. The van der Waals surface area contributed by atoms with Gasteiger partial charge in [-0.05, 0) is 51.5 Å². The minimum Gasteiger partial charge on any atom is -0.444 e. The number of aromatic amines is 1. The number of halogens is 1. The van der Waals surface area contributed by atoms with Crippen LogP contribution in [0.3, 0.4) is 0 Å². The predicted octanol–water partition coefficient (Wildman–Crippen LogP) is 3.61. The van der Waals surface area contributed by atoms with E-state index in [1.165, 1.54) is 0 Å². The maximum Gasteiger partial charge on any atom is 0.410 e. The van der Waals surface area contributed by atoms with E-state index in [0.717, 1.165) is 11.3 Å². The Balaban J connectivity index is 1.68. The largest absolute Gasteiger partial charge is 0.444 e. The van der Waals surface area contributed by atoms with Gasteiger partial charge in [0.25, 0.3) is 5.91 Å². The molecule has 0 fully saturated rings. The van der Waals surface area contributed by atoms with Gasteiger partial charge in [0.15, 0.2) is 5.82 Å². The number of anilines is 1. The van der Waals surface area contributed by atoms with Crippen molar-refractivity contribution in [2.75, 3.05) is 11.9 Å². The number of amides is 2. The molecule has 1 aromatic heterocycles. The summed E-state index contributed by atoms with van der Waals surface area (Å²) in [6.07, 6.45) is 0.228. The summed E-state index contributed by atoms with van der Waals surface area (Å²) in [7, 11) is 0. The molecule has 7 nitrogen and oxygen atoms in total. The highest BCUT2D eigenvalue weighted by molar-refractivity contribution is 6.30. The van der Waals surface area contributed by atoms with Crippen molar-refractivity contribution in [2.24, 2.45) is 0 Å². The molecule has 0 atom stereocenters. The highest BCUT2D eigenvalue weighted by Gasteiger charge is 2.28. The molecule has 0 unspecified atom stereocenters. The van der Waals surface area contributed by atoms with Crippen molar-refractivity contribution in [3.8, 4) is 0 Å². The first kappa shape index (κ1) is 18.3. The molecule has 26 heavy (non-hydrogen) atoms. The van der Waals surface area contributed by atoms with E-state index < -0.39 is 5.60 Å². The average Bonchev–Trinajstić information content (AvgIpc) is 2.96. The molecule has 1 aromatic carbocycles. The van der Waals surface area contributed by atoms with E-state index in [9.17, 15) is 9.59 Å². The lowest BCUT2D eigenvalue weighted by Gasteiger charge is -2.29. The Bertz CT molecular complexity index is 824. The highest BCUT2D eigenvalue weighted by atomic mass is 35.5. The number of hydrogen-bond acceptors (Lipinski definition) is 4. The molecule has 0 saturated carbocycles. The Morgan fingerprint density at radius 2 is 1.96 bits per heavy atom. The second kappa shape index (κ2) is 6.99. The fraction of sp³-hybridized carbons (Fsp3) is 0.389. The number of ether oxygens (including phenoxy) is 1. The van der Waals surface area contributed by atoms with Gasteiger partial charge in [0.05, 0.1) is 12.2 Å². The summed E-state index contributed by atoms with van der Waals surface area (Å²) in [5, 5.41) is 10.5. The Labute approximate surface area is 156 Å². The molecule has 0 spiro atoms. The molecule has 138 valence electrons. The van der Waals surface area contributed by atoms with Gasteiger partial charge in [-0.1, -0.05) is 11.6 Å². The number of rotatable bonds is 2. The molecule has 0 aliphatic carbocycles. The van der Waals surface area contributed by atoms with Gasteiger partial charge in [-0.2, -0.15) is 5.10 Å². The van der Waals surface area contributed by atoms with Gasteiger partial charge in [-0.15, -0.1) is 0 Å². The maximum atomic E-state index is 12.3. The Kier molecular flexibility index (Phi) is 4.91. The van der Waals surface area contributed by atoms with Crippen LogP contribution < -0.4 is 5.32 Å². The van der Waals surface area contributed by atoms with Crippen molar-refractivity contribution in [1.82, 2.24) is 15.1 Å². The zero-order chi connectivity index (χ0) is 18.9. The zero-order valence-corrected chi connectivity index (χ0v) is 15.7. The minimum absolute atomic E-state index is 0.259. The van der Waals surface area contributed by atoms with E-state index in [-0.39, 0.29) is 12.0 Å². The van der Waals surface area contributed by atoms with Crippen LogP contribution >= 0.6 is 11.6 Å². The summed E-state index contributed by atoms with van der Waals surface area (Å²) in [5.41, 5.74) is 1.67. The molecule has 2 aromatic rings. The number of hydrogen-bond donors (Lipinski definition) is 2. The molecular weight excluding hydrogens is 356 g/mol. The van der Waals surface area contributed by atoms with E-state index in [4.69, 9.17) is 16.3 Å². The fourth-order valence-corrected chi connectivity index (χ4v) is 2.81. The lowest BCUT2D eigenvalue weighted by atomic mass is 10.1. The third-order valence-corrected chi connectivity index (χ3v) is 4.18. The van der Waals surface area contributed by atoms with Crippen molar-refractivity contribution in [2.45, 2.75) is 39.3 Å². The van der Waals surface area contributed by atoms with Gasteiger partial charge < -0.3 is 15.0 Å². The molecule has 2 amide bonds. The van der Waals surface area contributed by atoms with Gasteiger partial charge in [-0.3, -0.25) is 9.89 Å². The van der Waals surface area contributed by atoms with Crippen molar-refractivity contribution >= 4 is 29.4 Å². The lowest BCUT2D eigenvalue weighted by Crippen LogP contribution is -2.39. The molecular formula is C18H21ClN4O3. The van der Waals surface area contributed by atoms with Gasteiger partial charge >= 0.3 is 6.09 Å².